The van der Waals surface area contributed by atoms with Crippen LogP contribution in [-0.4, -0.2) is 35.4 Å². The van der Waals surface area contributed by atoms with Crippen LogP contribution in [0.2, 0.25) is 0 Å². The van der Waals surface area contributed by atoms with Crippen LogP contribution in [0.5, 0.6) is 0 Å². The lowest BCUT2D eigenvalue weighted by molar-refractivity contribution is -0.124. The second kappa shape index (κ2) is 6.89. The van der Waals surface area contributed by atoms with Gasteiger partial charge in [-0.05, 0) is 55.6 Å². The van der Waals surface area contributed by atoms with Crippen molar-refractivity contribution in [2.75, 3.05) is 0 Å². The first kappa shape index (κ1) is 17.3. The largest absolute Gasteiger partial charge is 0.347 e. The fourth-order valence-electron chi connectivity index (χ4n) is 2.85. The zero-order valence-corrected chi connectivity index (χ0v) is 16.4. The van der Waals surface area contributed by atoms with Gasteiger partial charge in [-0.1, -0.05) is 6.07 Å². The molecule has 11 heteroatoms. The number of aromatic amines is 2. The lowest BCUT2D eigenvalue weighted by Crippen LogP contribution is -2.32. The molecule has 3 aromatic heterocycles. The Labute approximate surface area is 163 Å². The van der Waals surface area contributed by atoms with E-state index in [1.54, 1.807) is 22.8 Å². The summed E-state index contributed by atoms with van der Waals surface area (Å²) in [5, 5.41) is 19.0. The van der Waals surface area contributed by atoms with Crippen molar-refractivity contribution in [1.29, 1.82) is 0 Å². The molecule has 3 heterocycles. The third-order valence-electron chi connectivity index (χ3n) is 4.32. The Morgan fingerprint density at radius 3 is 2.85 bits per heavy atom. The first-order valence-corrected chi connectivity index (χ1v) is 9.90. The van der Waals surface area contributed by atoms with Crippen LogP contribution in [0.3, 0.4) is 0 Å². The molecule has 3 aromatic rings. The van der Waals surface area contributed by atoms with Crippen molar-refractivity contribution in [1.82, 2.24) is 34.8 Å². The number of hydrogen-bond acceptors (Lipinski definition) is 6. The van der Waals surface area contributed by atoms with Crippen LogP contribution in [0.4, 0.5) is 0 Å². The van der Waals surface area contributed by atoms with Gasteiger partial charge in [-0.15, -0.1) is 11.3 Å². The van der Waals surface area contributed by atoms with Crippen molar-refractivity contribution < 1.29 is 4.79 Å². The minimum atomic E-state index is -0.505. The molecule has 26 heavy (non-hydrogen) atoms. The van der Waals surface area contributed by atoms with Gasteiger partial charge >= 0.3 is 0 Å². The third kappa shape index (κ3) is 3.17. The van der Waals surface area contributed by atoms with Crippen LogP contribution in [0.1, 0.15) is 37.7 Å². The lowest BCUT2D eigenvalue weighted by atomic mass is 10.3. The third-order valence-corrected chi connectivity index (χ3v) is 5.76. The number of amides is 1. The standard InChI is InChI=1S/C15H17N7OS3/c1-8(21-12(18-20-14(21)24)10-3-2-6-26-10)13(23)16-7-11-17-19-15(25)22(11)9-4-5-9/h2-3,6,8-9H,4-5,7H2,1H3,(H,16,23)(H,19,25)(H,20,24). The average Bonchev–Trinajstić information content (AvgIpc) is 3.03. The van der Waals surface area contributed by atoms with Crippen molar-refractivity contribution in [2.24, 2.45) is 0 Å². The van der Waals surface area contributed by atoms with E-state index in [0.717, 1.165) is 23.5 Å². The summed E-state index contributed by atoms with van der Waals surface area (Å²) in [5.41, 5.74) is 0. The minimum absolute atomic E-state index is 0.156. The summed E-state index contributed by atoms with van der Waals surface area (Å²) in [6, 6.07) is 3.78. The molecule has 1 aliphatic rings. The van der Waals surface area contributed by atoms with Crippen molar-refractivity contribution in [2.45, 2.75) is 38.4 Å². The normalized spacial score (nSPS) is 15.1. The van der Waals surface area contributed by atoms with Crippen LogP contribution in [0.25, 0.3) is 10.7 Å². The fourth-order valence-corrected chi connectivity index (χ4v) is 4.15. The molecule has 0 spiro atoms. The van der Waals surface area contributed by atoms with Gasteiger partial charge in [0.1, 0.15) is 6.04 Å². The van der Waals surface area contributed by atoms with Crippen LogP contribution < -0.4 is 5.32 Å². The molecule has 1 unspecified atom stereocenters. The Kier molecular flexibility index (Phi) is 4.59. The molecule has 1 aliphatic carbocycles. The number of thiophene rings is 1. The molecule has 0 saturated heterocycles. The van der Waals surface area contributed by atoms with Crippen LogP contribution in [-0.2, 0) is 11.3 Å². The minimum Gasteiger partial charge on any atom is -0.347 e. The first-order chi connectivity index (χ1) is 12.6. The van der Waals surface area contributed by atoms with Crippen molar-refractivity contribution in [3.63, 3.8) is 0 Å². The quantitative estimate of drug-likeness (QED) is 0.546. The molecule has 1 saturated carbocycles. The van der Waals surface area contributed by atoms with Gasteiger partial charge in [0.05, 0.1) is 11.4 Å². The maximum atomic E-state index is 12.7. The molecular weight excluding hydrogens is 390 g/mol. The van der Waals surface area contributed by atoms with Crippen LogP contribution in [0.15, 0.2) is 17.5 Å². The Morgan fingerprint density at radius 2 is 2.15 bits per heavy atom. The lowest BCUT2D eigenvalue weighted by Gasteiger charge is -2.15. The number of carbonyl (C=O) groups is 1. The van der Waals surface area contributed by atoms with Crippen molar-refractivity contribution >= 4 is 41.7 Å². The molecule has 136 valence electrons. The van der Waals surface area contributed by atoms with Gasteiger partial charge in [0, 0.05) is 6.04 Å². The summed E-state index contributed by atoms with van der Waals surface area (Å²) in [7, 11) is 0. The number of nitrogens with one attached hydrogen (secondary N) is 3. The first-order valence-electron chi connectivity index (χ1n) is 8.20. The predicted molar refractivity (Wildman–Crippen MR) is 103 cm³/mol. The van der Waals surface area contributed by atoms with Crippen molar-refractivity contribution in [3.8, 4) is 10.7 Å². The van der Waals surface area contributed by atoms with Gasteiger partial charge in [0.2, 0.25) is 5.91 Å². The highest BCUT2D eigenvalue weighted by Gasteiger charge is 2.28. The second-order valence-electron chi connectivity index (χ2n) is 6.14. The molecule has 0 aromatic carbocycles. The molecule has 1 atom stereocenters. The number of aromatic nitrogens is 6. The summed E-state index contributed by atoms with van der Waals surface area (Å²) in [6.07, 6.45) is 2.19. The summed E-state index contributed by atoms with van der Waals surface area (Å²) >= 11 is 12.1. The van der Waals surface area contributed by atoms with E-state index in [-0.39, 0.29) is 5.91 Å². The molecule has 1 amide bonds. The highest BCUT2D eigenvalue weighted by atomic mass is 32.1. The summed E-state index contributed by atoms with van der Waals surface area (Å²) in [4.78, 5) is 13.7. The highest BCUT2D eigenvalue weighted by molar-refractivity contribution is 7.71. The number of rotatable bonds is 6. The highest BCUT2D eigenvalue weighted by Crippen LogP contribution is 2.35. The molecule has 1 fully saturated rings. The van der Waals surface area contributed by atoms with Gasteiger partial charge in [0.15, 0.2) is 21.2 Å². The molecule has 8 nitrogen and oxygen atoms in total. The maximum Gasteiger partial charge on any atom is 0.243 e. The SMILES string of the molecule is CC(C(=O)NCc1n[nH]c(=S)n1C1CC1)n1c(-c2cccs2)n[nH]c1=S. The number of H-pyrrole nitrogens is 2. The zero-order valence-electron chi connectivity index (χ0n) is 13.9. The van der Waals surface area contributed by atoms with E-state index in [4.69, 9.17) is 24.4 Å². The van der Waals surface area contributed by atoms with E-state index in [2.05, 4.69) is 25.7 Å². The van der Waals surface area contributed by atoms with E-state index in [0.29, 0.717) is 28.0 Å². The summed E-state index contributed by atoms with van der Waals surface area (Å²) in [5.74, 6) is 1.25. The Morgan fingerprint density at radius 1 is 1.38 bits per heavy atom. The molecule has 3 N–H and O–H groups in total. The Hall–Kier alpha value is -2.11. The summed E-state index contributed by atoms with van der Waals surface area (Å²) < 4.78 is 4.73. The average molecular weight is 408 g/mol. The number of carbonyl (C=O) groups excluding carboxylic acids is 1. The monoisotopic (exact) mass is 407 g/mol. The second-order valence-corrected chi connectivity index (χ2v) is 7.86. The van der Waals surface area contributed by atoms with Gasteiger partial charge in [0.25, 0.3) is 0 Å². The number of hydrogen-bond donors (Lipinski definition) is 3. The molecule has 0 aliphatic heterocycles. The van der Waals surface area contributed by atoms with E-state index in [1.807, 2.05) is 22.1 Å². The smallest absolute Gasteiger partial charge is 0.243 e. The van der Waals surface area contributed by atoms with Gasteiger partial charge < -0.3 is 5.32 Å². The molecule has 4 rings (SSSR count). The maximum absolute atomic E-state index is 12.7. The fraction of sp³-hybridized carbons (Fsp3) is 0.400. The molecule has 0 radical (unpaired) electrons. The Balaban J connectivity index is 1.52. The Bertz CT molecular complexity index is 1040. The summed E-state index contributed by atoms with van der Waals surface area (Å²) in [6.45, 7) is 2.11. The van der Waals surface area contributed by atoms with Crippen LogP contribution >= 0.6 is 35.8 Å². The topological polar surface area (TPSA) is 96.3 Å². The molecule has 0 bridgehead atoms. The van der Waals surface area contributed by atoms with Gasteiger partial charge in [-0.3, -0.25) is 24.1 Å². The van der Waals surface area contributed by atoms with Crippen molar-refractivity contribution in [3.05, 3.63) is 32.9 Å². The number of nitrogens with zero attached hydrogens (tertiary/aromatic N) is 4. The van der Waals surface area contributed by atoms with E-state index in [9.17, 15) is 4.79 Å². The van der Waals surface area contributed by atoms with E-state index in [1.165, 1.54) is 0 Å². The van der Waals surface area contributed by atoms with E-state index < -0.39 is 6.04 Å². The van der Waals surface area contributed by atoms with Gasteiger partial charge in [-0.2, -0.15) is 10.2 Å². The predicted octanol–water partition coefficient (Wildman–Crippen LogP) is 3.14. The van der Waals surface area contributed by atoms with Gasteiger partial charge in [-0.25, -0.2) is 0 Å². The zero-order chi connectivity index (χ0) is 18.3. The van der Waals surface area contributed by atoms with E-state index >= 15 is 0 Å². The van der Waals surface area contributed by atoms with Crippen LogP contribution in [0, 0.1) is 9.54 Å². The molecular formula is C15H17N7OS3.